The zero-order chi connectivity index (χ0) is 17.7. The predicted octanol–water partition coefficient (Wildman–Crippen LogP) is 2.38. The maximum Gasteiger partial charge on any atom is 0.253 e. The smallest absolute Gasteiger partial charge is 0.253 e. The molecule has 1 N–H and O–H groups in total. The minimum absolute atomic E-state index is 0.0171. The molecule has 0 saturated heterocycles. The van der Waals surface area contributed by atoms with E-state index in [1.165, 1.54) is 0 Å². The van der Waals surface area contributed by atoms with Gasteiger partial charge in [0.05, 0.1) is 5.56 Å². The van der Waals surface area contributed by atoms with Crippen molar-refractivity contribution in [1.82, 2.24) is 19.4 Å². The number of nitrogens with one attached hydrogen (secondary N) is 1. The second kappa shape index (κ2) is 8.15. The van der Waals surface area contributed by atoms with Gasteiger partial charge in [-0.3, -0.25) is 4.79 Å². The predicted molar refractivity (Wildman–Crippen MR) is 94.4 cm³/mol. The molecule has 24 heavy (non-hydrogen) atoms. The van der Waals surface area contributed by atoms with Gasteiger partial charge in [-0.05, 0) is 40.2 Å². The van der Waals surface area contributed by atoms with Crippen LogP contribution in [0.15, 0.2) is 12.3 Å². The molecule has 1 amide bonds. The third kappa shape index (κ3) is 4.06. The Balaban J connectivity index is 1.96. The quantitative estimate of drug-likeness (QED) is 0.755. The van der Waals surface area contributed by atoms with Gasteiger partial charge in [0, 0.05) is 56.6 Å². The Morgan fingerprint density at radius 3 is 2.54 bits per heavy atom. The summed E-state index contributed by atoms with van der Waals surface area (Å²) in [6.07, 6.45) is 2.79. The molecule has 0 aliphatic rings. The average molecular weight is 332 g/mol. The monoisotopic (exact) mass is 332 g/mol. The highest BCUT2D eigenvalue weighted by Crippen LogP contribution is 2.15. The SMILES string of the molecule is COCCCn1c(C)cc(C(=O)NCCn2c(C)cnc2C)c1C. The van der Waals surface area contributed by atoms with Crippen LogP contribution in [0.5, 0.6) is 0 Å². The molecule has 2 rings (SSSR count). The van der Waals surface area contributed by atoms with Crippen LogP contribution < -0.4 is 5.32 Å². The normalized spacial score (nSPS) is 11.0. The lowest BCUT2D eigenvalue weighted by Crippen LogP contribution is -2.28. The third-order valence-corrected chi connectivity index (χ3v) is 4.42. The largest absolute Gasteiger partial charge is 0.385 e. The van der Waals surface area contributed by atoms with Gasteiger partial charge in [-0.2, -0.15) is 0 Å². The molecule has 0 bridgehead atoms. The van der Waals surface area contributed by atoms with Crippen molar-refractivity contribution in [2.45, 2.75) is 47.2 Å². The maximum absolute atomic E-state index is 12.5. The number of methoxy groups -OCH3 is 1. The van der Waals surface area contributed by atoms with Crippen LogP contribution in [-0.4, -0.2) is 40.3 Å². The van der Waals surface area contributed by atoms with Crippen LogP contribution >= 0.6 is 0 Å². The van der Waals surface area contributed by atoms with Gasteiger partial charge in [0.2, 0.25) is 0 Å². The first-order valence-electron chi connectivity index (χ1n) is 8.38. The molecule has 0 atom stereocenters. The van der Waals surface area contributed by atoms with Crippen molar-refractivity contribution in [2.75, 3.05) is 20.3 Å². The molecule has 0 unspecified atom stereocenters. The lowest BCUT2D eigenvalue weighted by atomic mass is 10.2. The van der Waals surface area contributed by atoms with E-state index < -0.39 is 0 Å². The van der Waals surface area contributed by atoms with Crippen molar-refractivity contribution in [1.29, 1.82) is 0 Å². The van der Waals surface area contributed by atoms with Gasteiger partial charge < -0.3 is 19.2 Å². The number of imidazole rings is 1. The van der Waals surface area contributed by atoms with Gasteiger partial charge in [0.25, 0.3) is 5.91 Å². The molecule has 0 fully saturated rings. The molecule has 2 heterocycles. The lowest BCUT2D eigenvalue weighted by Gasteiger charge is -2.11. The van der Waals surface area contributed by atoms with Crippen molar-refractivity contribution in [3.63, 3.8) is 0 Å². The second-order valence-electron chi connectivity index (χ2n) is 6.14. The Labute approximate surface area is 143 Å². The number of nitrogens with zero attached hydrogens (tertiary/aromatic N) is 3. The average Bonchev–Trinajstić information content (AvgIpc) is 3.01. The van der Waals surface area contributed by atoms with E-state index in [4.69, 9.17) is 4.74 Å². The van der Waals surface area contributed by atoms with E-state index in [1.54, 1.807) is 7.11 Å². The van der Waals surface area contributed by atoms with Crippen LogP contribution in [0.1, 0.15) is 39.7 Å². The number of aromatic nitrogens is 3. The Kier molecular flexibility index (Phi) is 6.20. The first-order chi connectivity index (χ1) is 11.5. The van der Waals surface area contributed by atoms with Gasteiger partial charge in [-0.25, -0.2) is 4.98 Å². The molecule has 2 aromatic heterocycles. The van der Waals surface area contributed by atoms with Crippen LogP contribution in [0, 0.1) is 27.7 Å². The lowest BCUT2D eigenvalue weighted by molar-refractivity contribution is 0.0951. The molecule has 0 aromatic carbocycles. The summed E-state index contributed by atoms with van der Waals surface area (Å²) >= 11 is 0. The summed E-state index contributed by atoms with van der Waals surface area (Å²) in [7, 11) is 1.71. The van der Waals surface area contributed by atoms with Crippen molar-refractivity contribution in [2.24, 2.45) is 0 Å². The summed E-state index contributed by atoms with van der Waals surface area (Å²) in [5, 5.41) is 3.01. The van der Waals surface area contributed by atoms with E-state index in [1.807, 2.05) is 40.0 Å². The fraction of sp³-hybridized carbons (Fsp3) is 0.556. The molecule has 0 spiro atoms. The summed E-state index contributed by atoms with van der Waals surface area (Å²) < 4.78 is 9.39. The number of carbonyl (C=O) groups excluding carboxylic acids is 1. The van der Waals surface area contributed by atoms with Gasteiger partial charge in [-0.1, -0.05) is 0 Å². The van der Waals surface area contributed by atoms with E-state index in [2.05, 4.69) is 19.4 Å². The second-order valence-corrected chi connectivity index (χ2v) is 6.14. The highest BCUT2D eigenvalue weighted by atomic mass is 16.5. The van der Waals surface area contributed by atoms with Crippen LogP contribution in [0.25, 0.3) is 0 Å². The fourth-order valence-corrected chi connectivity index (χ4v) is 3.04. The zero-order valence-electron chi connectivity index (χ0n) is 15.3. The van der Waals surface area contributed by atoms with Crippen LogP contribution in [0.3, 0.4) is 0 Å². The van der Waals surface area contributed by atoms with Gasteiger partial charge >= 0.3 is 0 Å². The standard InChI is InChI=1S/C18H28N4O2/c1-13-11-17(15(3)21(13)8-6-10-24-5)18(23)19-7-9-22-14(2)12-20-16(22)4/h11-12H,6-10H2,1-5H3,(H,19,23). The summed E-state index contributed by atoms with van der Waals surface area (Å²) in [6, 6.07) is 1.96. The van der Waals surface area contributed by atoms with Crippen molar-refractivity contribution in [3.8, 4) is 0 Å². The summed E-state index contributed by atoms with van der Waals surface area (Å²) in [6.45, 7) is 10.9. The van der Waals surface area contributed by atoms with E-state index in [9.17, 15) is 4.79 Å². The summed E-state index contributed by atoms with van der Waals surface area (Å²) in [5.41, 5.74) is 3.98. The van der Waals surface area contributed by atoms with E-state index >= 15 is 0 Å². The van der Waals surface area contributed by atoms with Crippen molar-refractivity contribution >= 4 is 5.91 Å². The number of rotatable bonds is 8. The number of carbonyl (C=O) groups is 1. The Morgan fingerprint density at radius 1 is 1.17 bits per heavy atom. The topological polar surface area (TPSA) is 61.1 Å². The number of hydrogen-bond acceptors (Lipinski definition) is 3. The Hall–Kier alpha value is -2.08. The molecule has 6 nitrogen and oxygen atoms in total. The van der Waals surface area contributed by atoms with Crippen LogP contribution in [0.2, 0.25) is 0 Å². The number of aryl methyl sites for hydroxylation is 3. The molecule has 6 heteroatoms. The first-order valence-corrected chi connectivity index (χ1v) is 8.38. The Morgan fingerprint density at radius 2 is 1.92 bits per heavy atom. The van der Waals surface area contributed by atoms with E-state index in [0.29, 0.717) is 6.54 Å². The minimum Gasteiger partial charge on any atom is -0.385 e. The molecular weight excluding hydrogens is 304 g/mol. The van der Waals surface area contributed by atoms with Crippen LogP contribution in [0.4, 0.5) is 0 Å². The third-order valence-electron chi connectivity index (χ3n) is 4.42. The van der Waals surface area contributed by atoms with Gasteiger partial charge in [0.15, 0.2) is 0 Å². The molecule has 2 aromatic rings. The zero-order valence-corrected chi connectivity index (χ0v) is 15.3. The molecule has 0 radical (unpaired) electrons. The number of amides is 1. The molecule has 0 aliphatic heterocycles. The van der Waals surface area contributed by atoms with E-state index in [-0.39, 0.29) is 5.91 Å². The molecule has 132 valence electrons. The molecule has 0 saturated carbocycles. The fourth-order valence-electron chi connectivity index (χ4n) is 3.04. The van der Waals surface area contributed by atoms with Crippen molar-refractivity contribution in [3.05, 3.63) is 40.7 Å². The minimum atomic E-state index is -0.0171. The highest BCUT2D eigenvalue weighted by molar-refractivity contribution is 5.95. The highest BCUT2D eigenvalue weighted by Gasteiger charge is 2.15. The molecular formula is C18H28N4O2. The number of hydrogen-bond donors (Lipinski definition) is 1. The van der Waals surface area contributed by atoms with Gasteiger partial charge in [-0.15, -0.1) is 0 Å². The summed E-state index contributed by atoms with van der Waals surface area (Å²) in [5.74, 6) is 0.953. The maximum atomic E-state index is 12.5. The number of ether oxygens (including phenoxy) is 1. The van der Waals surface area contributed by atoms with Gasteiger partial charge in [0.1, 0.15) is 5.82 Å². The summed E-state index contributed by atoms with van der Waals surface area (Å²) in [4.78, 5) is 16.8. The Bertz CT molecular complexity index is 681. The van der Waals surface area contributed by atoms with Crippen LogP contribution in [-0.2, 0) is 17.8 Å². The molecule has 0 aliphatic carbocycles. The van der Waals surface area contributed by atoms with E-state index in [0.717, 1.165) is 54.6 Å². The van der Waals surface area contributed by atoms with Crippen molar-refractivity contribution < 1.29 is 9.53 Å². The first kappa shape index (κ1) is 18.3.